The third-order valence-electron chi connectivity index (χ3n) is 3.51. The smallest absolute Gasteiger partial charge is 0.213 e. The van der Waals surface area contributed by atoms with Crippen molar-refractivity contribution in [2.24, 2.45) is 0 Å². The number of aliphatic hydroxyl groups excluding tert-OH is 1. The number of nitrogens with zero attached hydrogens (tertiary/aromatic N) is 1. The molecule has 0 saturated carbocycles. The molecule has 5 nitrogen and oxygen atoms in total. The molecule has 5 heteroatoms. The number of rotatable bonds is 8. The van der Waals surface area contributed by atoms with Crippen molar-refractivity contribution < 1.29 is 14.8 Å². The number of nitro groups is 1. The van der Waals surface area contributed by atoms with Crippen LogP contribution in [0.15, 0.2) is 60.7 Å². The molecule has 0 aromatic heterocycles. The van der Waals surface area contributed by atoms with Crippen molar-refractivity contribution in [3.8, 4) is 0 Å². The van der Waals surface area contributed by atoms with Crippen molar-refractivity contribution in [1.29, 1.82) is 0 Å². The molecule has 2 rings (SSSR count). The van der Waals surface area contributed by atoms with Gasteiger partial charge < -0.3 is 9.84 Å². The molecule has 1 N–H and O–H groups in total. The molecule has 0 fully saturated rings. The van der Waals surface area contributed by atoms with Crippen LogP contribution in [0.5, 0.6) is 0 Å². The van der Waals surface area contributed by atoms with Crippen molar-refractivity contribution in [3.63, 3.8) is 0 Å². The average Bonchev–Trinajstić information content (AvgIpc) is 2.56. The van der Waals surface area contributed by atoms with Gasteiger partial charge in [0.25, 0.3) is 0 Å². The minimum atomic E-state index is -0.618. The molecule has 0 bridgehead atoms. The van der Waals surface area contributed by atoms with E-state index in [-0.39, 0.29) is 18.1 Å². The second-order valence-electron chi connectivity index (χ2n) is 5.05. The topological polar surface area (TPSA) is 72.6 Å². The Balaban J connectivity index is 2.11. The van der Waals surface area contributed by atoms with E-state index in [1.54, 1.807) is 0 Å². The molecule has 116 valence electrons. The minimum Gasteiger partial charge on any atom is -0.394 e. The van der Waals surface area contributed by atoms with Crippen LogP contribution in [0.25, 0.3) is 0 Å². The van der Waals surface area contributed by atoms with Crippen LogP contribution in [-0.4, -0.2) is 29.3 Å². The van der Waals surface area contributed by atoms with Crippen LogP contribution in [0.3, 0.4) is 0 Å². The fourth-order valence-corrected chi connectivity index (χ4v) is 2.37. The predicted molar refractivity (Wildman–Crippen MR) is 83.1 cm³/mol. The van der Waals surface area contributed by atoms with Crippen molar-refractivity contribution >= 4 is 0 Å². The molecule has 0 aliphatic rings. The molecule has 0 amide bonds. The maximum Gasteiger partial charge on any atom is 0.213 e. The average molecular weight is 301 g/mol. The highest BCUT2D eigenvalue weighted by Gasteiger charge is 2.28. The van der Waals surface area contributed by atoms with Crippen molar-refractivity contribution in [2.75, 3.05) is 13.2 Å². The Bertz CT molecular complexity index is 574. The summed E-state index contributed by atoms with van der Waals surface area (Å²) in [5, 5.41) is 20.5. The van der Waals surface area contributed by atoms with Gasteiger partial charge in [-0.2, -0.15) is 0 Å². The summed E-state index contributed by atoms with van der Waals surface area (Å²) in [5.41, 5.74) is 1.76. The van der Waals surface area contributed by atoms with E-state index in [2.05, 4.69) is 0 Å². The third kappa shape index (κ3) is 4.65. The molecule has 2 atom stereocenters. The van der Waals surface area contributed by atoms with Crippen LogP contribution in [0.1, 0.15) is 17.0 Å². The van der Waals surface area contributed by atoms with E-state index in [1.165, 1.54) is 0 Å². The molecule has 2 aromatic carbocycles. The van der Waals surface area contributed by atoms with Gasteiger partial charge in [-0.25, -0.2) is 0 Å². The Morgan fingerprint density at radius 1 is 1.05 bits per heavy atom. The molecular weight excluding hydrogens is 282 g/mol. The molecule has 2 aromatic rings. The van der Waals surface area contributed by atoms with Crippen LogP contribution in [0.4, 0.5) is 0 Å². The minimum absolute atomic E-state index is 0.264. The molecule has 0 heterocycles. The van der Waals surface area contributed by atoms with Crippen molar-refractivity contribution in [3.05, 3.63) is 81.9 Å². The van der Waals surface area contributed by atoms with Gasteiger partial charge in [-0.05, 0) is 11.1 Å². The lowest BCUT2D eigenvalue weighted by Gasteiger charge is -2.23. The quantitative estimate of drug-likeness (QED) is 0.601. The lowest BCUT2D eigenvalue weighted by Crippen LogP contribution is -2.31. The summed E-state index contributed by atoms with van der Waals surface area (Å²) >= 11 is 0. The van der Waals surface area contributed by atoms with Crippen LogP contribution in [-0.2, 0) is 11.3 Å². The molecule has 0 saturated heterocycles. The van der Waals surface area contributed by atoms with Crippen molar-refractivity contribution in [2.45, 2.75) is 18.6 Å². The van der Waals surface area contributed by atoms with E-state index in [0.29, 0.717) is 6.61 Å². The zero-order valence-electron chi connectivity index (χ0n) is 12.2. The zero-order valence-corrected chi connectivity index (χ0v) is 12.2. The largest absolute Gasteiger partial charge is 0.394 e. The maximum absolute atomic E-state index is 10.9. The Morgan fingerprint density at radius 2 is 1.64 bits per heavy atom. The van der Waals surface area contributed by atoms with Gasteiger partial charge in [0.2, 0.25) is 6.54 Å². The standard InChI is InChI=1S/C17H19NO4/c19-12-17(22-13-14-7-3-1-4-8-14)16(11-18(20)21)15-9-5-2-6-10-15/h1-10,16-17,19H,11-13H2/t16-,17+/m1/s1. The fourth-order valence-electron chi connectivity index (χ4n) is 2.37. The van der Waals surface area contributed by atoms with Gasteiger partial charge in [-0.3, -0.25) is 10.1 Å². The van der Waals surface area contributed by atoms with Crippen LogP contribution in [0.2, 0.25) is 0 Å². The highest BCUT2D eigenvalue weighted by atomic mass is 16.6. The Hall–Kier alpha value is -2.24. The second-order valence-corrected chi connectivity index (χ2v) is 5.05. The normalized spacial score (nSPS) is 13.5. The monoisotopic (exact) mass is 301 g/mol. The molecule has 0 radical (unpaired) electrons. The summed E-state index contributed by atoms with van der Waals surface area (Å²) in [5.74, 6) is -0.482. The molecule has 0 unspecified atom stereocenters. The van der Waals surface area contributed by atoms with E-state index < -0.39 is 12.0 Å². The van der Waals surface area contributed by atoms with Gasteiger partial charge in [-0.15, -0.1) is 0 Å². The van der Waals surface area contributed by atoms with E-state index in [9.17, 15) is 15.2 Å². The summed E-state index contributed by atoms with van der Waals surface area (Å²) in [6, 6.07) is 18.7. The first-order valence-corrected chi connectivity index (χ1v) is 7.14. The number of ether oxygens (including phenoxy) is 1. The molecule has 0 spiro atoms. The molecule has 0 aliphatic carbocycles. The van der Waals surface area contributed by atoms with Gasteiger partial charge in [-0.1, -0.05) is 60.7 Å². The first kappa shape index (κ1) is 16.1. The lowest BCUT2D eigenvalue weighted by molar-refractivity contribution is -0.485. The lowest BCUT2D eigenvalue weighted by atomic mass is 9.93. The summed E-state index contributed by atoms with van der Waals surface area (Å²) < 4.78 is 5.74. The first-order chi connectivity index (χ1) is 10.7. The fraction of sp³-hybridized carbons (Fsp3) is 0.294. The predicted octanol–water partition coefficient (Wildman–Crippen LogP) is 2.62. The maximum atomic E-state index is 10.9. The second kappa shape index (κ2) is 8.26. The van der Waals surface area contributed by atoms with Gasteiger partial charge in [0.05, 0.1) is 25.2 Å². The number of benzene rings is 2. The van der Waals surface area contributed by atoms with Gasteiger partial charge in [0.15, 0.2) is 0 Å². The SMILES string of the molecule is O=[N+]([O-])C[C@H](c1ccccc1)[C@H](CO)OCc1ccccc1. The Kier molecular flexibility index (Phi) is 6.06. The van der Waals surface area contributed by atoms with Crippen LogP contribution < -0.4 is 0 Å². The summed E-state index contributed by atoms with van der Waals surface area (Å²) in [6.07, 6.45) is -0.618. The van der Waals surface area contributed by atoms with E-state index in [1.807, 2.05) is 60.7 Å². The van der Waals surface area contributed by atoms with E-state index >= 15 is 0 Å². The van der Waals surface area contributed by atoms with Gasteiger partial charge in [0, 0.05) is 4.92 Å². The molecular formula is C17H19NO4. The summed E-state index contributed by atoms with van der Waals surface area (Å²) in [7, 11) is 0. The molecule has 22 heavy (non-hydrogen) atoms. The Morgan fingerprint density at radius 3 is 2.18 bits per heavy atom. The van der Waals surface area contributed by atoms with Crippen molar-refractivity contribution in [1.82, 2.24) is 0 Å². The first-order valence-electron chi connectivity index (χ1n) is 7.14. The van der Waals surface area contributed by atoms with Crippen LogP contribution in [0, 0.1) is 10.1 Å². The molecule has 0 aliphatic heterocycles. The van der Waals surface area contributed by atoms with E-state index in [4.69, 9.17) is 4.74 Å². The number of hydrogen-bond donors (Lipinski definition) is 1. The number of aliphatic hydroxyl groups is 1. The highest BCUT2D eigenvalue weighted by molar-refractivity contribution is 5.21. The third-order valence-corrected chi connectivity index (χ3v) is 3.51. The van der Waals surface area contributed by atoms with Crippen LogP contribution >= 0.6 is 0 Å². The summed E-state index contributed by atoms with van der Waals surface area (Å²) in [6.45, 7) is -0.225. The summed E-state index contributed by atoms with van der Waals surface area (Å²) in [4.78, 5) is 10.6. The van der Waals surface area contributed by atoms with Gasteiger partial charge >= 0.3 is 0 Å². The number of hydrogen-bond acceptors (Lipinski definition) is 4. The zero-order chi connectivity index (χ0) is 15.8. The Labute approximate surface area is 129 Å². The van der Waals surface area contributed by atoms with Gasteiger partial charge in [0.1, 0.15) is 0 Å². The van der Waals surface area contributed by atoms with E-state index in [0.717, 1.165) is 11.1 Å². The highest BCUT2D eigenvalue weighted by Crippen LogP contribution is 2.23.